The Morgan fingerprint density at radius 2 is 1.51 bits per heavy atom. The van der Waals surface area contributed by atoms with Crippen molar-refractivity contribution >= 4 is 17.7 Å². The fraction of sp³-hybridized carbons (Fsp3) is 0.909. The minimum absolute atomic E-state index is 0.108. The van der Waals surface area contributed by atoms with E-state index in [1.807, 2.05) is 13.8 Å². The molecule has 0 spiro atoms. The largest absolute Gasteiger partial charge is 0.465 e. The minimum atomic E-state index is -0.505. The zero-order chi connectivity index (χ0) is 29.3. The molecule has 39 heavy (non-hydrogen) atoms. The monoisotopic (exact) mass is 551 g/mol. The molecule has 0 saturated carbocycles. The van der Waals surface area contributed by atoms with E-state index < -0.39 is 5.41 Å². The third-order valence-electron chi connectivity index (χ3n) is 8.61. The lowest BCUT2D eigenvalue weighted by molar-refractivity contribution is -0.154. The van der Waals surface area contributed by atoms with Gasteiger partial charge in [0.05, 0.1) is 18.1 Å². The number of nitrogens with zero attached hydrogens (tertiary/aromatic N) is 1. The second-order valence-corrected chi connectivity index (χ2v) is 13.0. The Balaban J connectivity index is 2.27. The summed E-state index contributed by atoms with van der Waals surface area (Å²) in [6.07, 6.45) is 15.4. The summed E-state index contributed by atoms with van der Waals surface area (Å²) in [5.41, 5.74) is -0.505. The number of Topliss-reactive ketones (excluding diaryl/α,β-unsaturated/α-hetero) is 1. The lowest BCUT2D eigenvalue weighted by Crippen LogP contribution is -2.35. The first-order chi connectivity index (χ1) is 18.5. The zero-order valence-corrected chi connectivity index (χ0v) is 26.5. The van der Waals surface area contributed by atoms with Crippen LogP contribution in [0, 0.1) is 17.3 Å². The van der Waals surface area contributed by atoms with Gasteiger partial charge in [0.25, 0.3) is 0 Å². The van der Waals surface area contributed by atoms with Crippen LogP contribution in [0.3, 0.4) is 0 Å². The Morgan fingerprint density at radius 1 is 0.897 bits per heavy atom. The van der Waals surface area contributed by atoms with Crippen LogP contribution in [0.25, 0.3) is 0 Å². The van der Waals surface area contributed by atoms with Crippen LogP contribution in [-0.4, -0.2) is 54.5 Å². The molecule has 0 radical (unpaired) electrons. The fourth-order valence-corrected chi connectivity index (χ4v) is 5.30. The van der Waals surface area contributed by atoms with E-state index in [1.165, 1.54) is 44.9 Å². The summed E-state index contributed by atoms with van der Waals surface area (Å²) in [6.45, 7) is 16.2. The average Bonchev–Trinajstić information content (AvgIpc) is 3.28. The number of esters is 2. The highest BCUT2D eigenvalue weighted by atomic mass is 16.5. The van der Waals surface area contributed by atoms with Crippen molar-refractivity contribution in [1.29, 1.82) is 0 Å². The van der Waals surface area contributed by atoms with Crippen molar-refractivity contribution in [1.82, 2.24) is 4.90 Å². The number of hydrogen-bond acceptors (Lipinski definition) is 6. The van der Waals surface area contributed by atoms with Crippen molar-refractivity contribution in [3.05, 3.63) is 0 Å². The van der Waals surface area contributed by atoms with Crippen LogP contribution in [-0.2, 0) is 23.9 Å². The molecule has 0 aromatic carbocycles. The summed E-state index contributed by atoms with van der Waals surface area (Å²) in [7, 11) is 0. The molecule has 6 nitrogen and oxygen atoms in total. The normalized spacial score (nSPS) is 18.9. The van der Waals surface area contributed by atoms with Crippen LogP contribution in [0.2, 0.25) is 0 Å². The first kappa shape index (κ1) is 35.6. The maximum Gasteiger partial charge on any atom is 0.311 e. The molecule has 0 bridgehead atoms. The summed E-state index contributed by atoms with van der Waals surface area (Å²) in [6, 6.07) is -0.188. The van der Waals surface area contributed by atoms with Crippen LogP contribution in [0.15, 0.2) is 0 Å². The van der Waals surface area contributed by atoms with Gasteiger partial charge >= 0.3 is 11.9 Å². The van der Waals surface area contributed by atoms with Crippen molar-refractivity contribution in [3.63, 3.8) is 0 Å². The topological polar surface area (TPSA) is 72.9 Å². The van der Waals surface area contributed by atoms with Gasteiger partial charge in [-0.2, -0.15) is 0 Å². The van der Waals surface area contributed by atoms with Gasteiger partial charge in [0.1, 0.15) is 11.9 Å². The quantitative estimate of drug-likeness (QED) is 0.101. The van der Waals surface area contributed by atoms with Gasteiger partial charge in [-0.3, -0.25) is 19.3 Å². The van der Waals surface area contributed by atoms with Crippen molar-refractivity contribution in [3.8, 4) is 0 Å². The van der Waals surface area contributed by atoms with Crippen LogP contribution in [0.4, 0.5) is 0 Å². The molecule has 1 heterocycles. The van der Waals surface area contributed by atoms with E-state index in [1.54, 1.807) is 6.92 Å². The molecule has 1 aliphatic heterocycles. The number of likely N-dealkylation sites (tertiary alicyclic amines) is 1. The maximum atomic E-state index is 12.6. The first-order valence-corrected chi connectivity index (χ1v) is 16.1. The van der Waals surface area contributed by atoms with Crippen molar-refractivity contribution in [2.45, 2.75) is 157 Å². The standard InChI is InChI=1S/C33H61NO5/c1-8-9-10-11-12-13-14-15-18-23-38-32(37)33(6,7)21-16-17-22-34-25-29(24-30(34)28(5)35)39-31(36)20-19-27(4)26(2)3/h26-27,29-30H,8-25H2,1-7H3. The van der Waals surface area contributed by atoms with E-state index in [4.69, 9.17) is 9.47 Å². The molecule has 0 aliphatic carbocycles. The number of carbonyl (C=O) groups is 3. The summed E-state index contributed by atoms with van der Waals surface area (Å²) < 4.78 is 11.3. The van der Waals surface area contributed by atoms with Gasteiger partial charge in [0, 0.05) is 19.4 Å². The second kappa shape index (κ2) is 19.6. The summed E-state index contributed by atoms with van der Waals surface area (Å²) >= 11 is 0. The van der Waals surface area contributed by atoms with Gasteiger partial charge < -0.3 is 9.47 Å². The molecule has 0 amide bonds. The Morgan fingerprint density at radius 3 is 2.10 bits per heavy atom. The molecule has 1 fully saturated rings. The first-order valence-electron chi connectivity index (χ1n) is 16.1. The van der Waals surface area contributed by atoms with Crippen molar-refractivity contribution in [2.24, 2.45) is 17.3 Å². The number of unbranched alkanes of at least 4 members (excludes halogenated alkanes) is 9. The summed E-state index contributed by atoms with van der Waals surface area (Å²) in [4.78, 5) is 39.4. The van der Waals surface area contributed by atoms with Gasteiger partial charge in [-0.25, -0.2) is 0 Å². The zero-order valence-electron chi connectivity index (χ0n) is 26.5. The highest BCUT2D eigenvalue weighted by Crippen LogP contribution is 2.27. The maximum absolute atomic E-state index is 12.6. The molecule has 0 N–H and O–H groups in total. The van der Waals surface area contributed by atoms with Gasteiger partial charge in [-0.15, -0.1) is 0 Å². The van der Waals surface area contributed by atoms with E-state index in [2.05, 4.69) is 32.6 Å². The Bertz CT molecular complexity index is 704. The van der Waals surface area contributed by atoms with Crippen molar-refractivity contribution < 1.29 is 23.9 Å². The second-order valence-electron chi connectivity index (χ2n) is 13.0. The Kier molecular flexibility index (Phi) is 17.9. The number of hydrogen-bond donors (Lipinski definition) is 0. The average molecular weight is 552 g/mol. The van der Waals surface area contributed by atoms with Gasteiger partial charge in [-0.1, -0.05) is 85.5 Å². The van der Waals surface area contributed by atoms with E-state index in [0.29, 0.717) is 37.8 Å². The minimum Gasteiger partial charge on any atom is -0.465 e. The molecule has 3 unspecified atom stereocenters. The molecule has 3 atom stereocenters. The van der Waals surface area contributed by atoms with E-state index >= 15 is 0 Å². The third kappa shape index (κ3) is 15.2. The van der Waals surface area contributed by atoms with E-state index in [9.17, 15) is 14.4 Å². The molecule has 228 valence electrons. The summed E-state index contributed by atoms with van der Waals surface area (Å²) in [5, 5.41) is 0. The molecular formula is C33H61NO5. The van der Waals surface area contributed by atoms with Crippen LogP contribution in [0.1, 0.15) is 145 Å². The van der Waals surface area contributed by atoms with E-state index in [-0.39, 0.29) is 29.9 Å². The predicted octanol–water partition coefficient (Wildman–Crippen LogP) is 7.90. The van der Waals surface area contributed by atoms with Crippen LogP contribution in [0.5, 0.6) is 0 Å². The molecule has 0 aromatic rings. The molecule has 0 aromatic heterocycles. The highest BCUT2D eigenvalue weighted by molar-refractivity contribution is 5.82. The number of carbonyl (C=O) groups excluding carboxylic acids is 3. The molecular weight excluding hydrogens is 490 g/mol. The van der Waals surface area contributed by atoms with Crippen LogP contribution >= 0.6 is 0 Å². The van der Waals surface area contributed by atoms with Gasteiger partial charge in [0.15, 0.2) is 0 Å². The lowest BCUT2D eigenvalue weighted by Gasteiger charge is -2.24. The number of rotatable bonds is 22. The Hall–Kier alpha value is -1.43. The van der Waals surface area contributed by atoms with Crippen LogP contribution < -0.4 is 0 Å². The Labute approximate surface area is 240 Å². The lowest BCUT2D eigenvalue weighted by atomic mass is 9.87. The SMILES string of the molecule is CCCCCCCCCCCOC(=O)C(C)(C)CCCCN1CC(OC(=O)CCC(C)C(C)C)CC1C(C)=O. The third-order valence-corrected chi connectivity index (χ3v) is 8.61. The van der Waals surface area contributed by atoms with E-state index in [0.717, 1.165) is 45.1 Å². The van der Waals surface area contributed by atoms with Gasteiger partial charge in [-0.05, 0) is 64.8 Å². The number of ether oxygens (including phenoxy) is 2. The summed E-state index contributed by atoms with van der Waals surface area (Å²) in [5.74, 6) is 0.901. The molecule has 1 rings (SSSR count). The fourth-order valence-electron chi connectivity index (χ4n) is 5.30. The van der Waals surface area contributed by atoms with Crippen molar-refractivity contribution in [2.75, 3.05) is 19.7 Å². The highest BCUT2D eigenvalue weighted by Gasteiger charge is 2.37. The number of ketones is 1. The molecule has 6 heteroatoms. The molecule has 1 aliphatic rings. The molecule has 1 saturated heterocycles. The van der Waals surface area contributed by atoms with Gasteiger partial charge in [0.2, 0.25) is 0 Å². The predicted molar refractivity (Wildman–Crippen MR) is 160 cm³/mol. The smallest absolute Gasteiger partial charge is 0.311 e.